The van der Waals surface area contributed by atoms with Crippen LogP contribution >= 0.6 is 11.8 Å². The van der Waals surface area contributed by atoms with Crippen molar-refractivity contribution < 1.29 is 8.94 Å². The third-order valence-corrected chi connectivity index (χ3v) is 6.44. The fourth-order valence-corrected chi connectivity index (χ4v) is 4.44. The molecule has 1 aliphatic rings. The van der Waals surface area contributed by atoms with Gasteiger partial charge in [-0.2, -0.15) is 4.98 Å². The Hall–Kier alpha value is -3.07. The van der Waals surface area contributed by atoms with Crippen LogP contribution in [0.3, 0.4) is 0 Å². The molecule has 1 aliphatic heterocycles. The zero-order valence-electron chi connectivity index (χ0n) is 17.3. The lowest BCUT2D eigenvalue weighted by Crippen LogP contribution is -2.35. The summed E-state index contributed by atoms with van der Waals surface area (Å²) in [6, 6.07) is 13.7. The highest BCUT2D eigenvalue weighted by atomic mass is 32.2. The molecule has 1 saturated heterocycles. The van der Waals surface area contributed by atoms with Gasteiger partial charge in [-0.3, -0.25) is 4.57 Å². The van der Waals surface area contributed by atoms with Gasteiger partial charge >= 0.3 is 0 Å². The molecule has 5 rings (SSSR count). The van der Waals surface area contributed by atoms with E-state index in [0.29, 0.717) is 24.0 Å². The van der Waals surface area contributed by atoms with E-state index in [0.717, 1.165) is 41.4 Å². The first kappa shape index (κ1) is 19.9. The van der Waals surface area contributed by atoms with Gasteiger partial charge in [0.25, 0.3) is 5.89 Å². The fraction of sp³-hybridized carbons (Fsp3) is 0.364. The van der Waals surface area contributed by atoms with E-state index in [1.54, 1.807) is 18.0 Å². The molecule has 8 nitrogen and oxygen atoms in total. The second-order valence-electron chi connectivity index (χ2n) is 7.79. The van der Waals surface area contributed by atoms with Gasteiger partial charge < -0.3 is 13.8 Å². The molecule has 0 radical (unpaired) electrons. The second kappa shape index (κ2) is 8.97. The predicted molar refractivity (Wildman–Crippen MR) is 118 cm³/mol. The molecule has 0 aliphatic carbocycles. The largest absolute Gasteiger partial charge is 0.467 e. The molecule has 0 amide bonds. The monoisotopic (exact) mass is 436 g/mol. The van der Waals surface area contributed by atoms with Gasteiger partial charge in [0.2, 0.25) is 5.95 Å². The summed E-state index contributed by atoms with van der Waals surface area (Å²) in [7, 11) is 0. The lowest BCUT2D eigenvalue weighted by molar-refractivity contribution is 0.425. The summed E-state index contributed by atoms with van der Waals surface area (Å²) >= 11 is 1.55. The Kier molecular flexibility index (Phi) is 5.75. The lowest BCUT2D eigenvalue weighted by Gasteiger charge is -2.31. The molecule has 3 aromatic heterocycles. The van der Waals surface area contributed by atoms with Crippen LogP contribution in [0.1, 0.15) is 31.4 Å². The van der Waals surface area contributed by atoms with Crippen LogP contribution in [0.5, 0.6) is 0 Å². The number of rotatable bonds is 7. The maximum Gasteiger partial charge on any atom is 0.257 e. The van der Waals surface area contributed by atoms with Gasteiger partial charge in [0.05, 0.1) is 18.6 Å². The first-order valence-electron chi connectivity index (χ1n) is 10.5. The highest BCUT2D eigenvalue weighted by molar-refractivity contribution is 7.98. The average Bonchev–Trinajstić information content (AvgIpc) is 3.56. The minimum atomic E-state index is 0.524. The Labute approximate surface area is 184 Å². The number of furan rings is 1. The summed E-state index contributed by atoms with van der Waals surface area (Å²) in [5, 5.41) is 13.9. The average molecular weight is 437 g/mol. The zero-order chi connectivity index (χ0) is 21.0. The van der Waals surface area contributed by atoms with Crippen LogP contribution in [0, 0.1) is 5.92 Å². The van der Waals surface area contributed by atoms with Crippen LogP contribution in [-0.2, 0) is 12.3 Å². The van der Waals surface area contributed by atoms with Crippen LogP contribution in [0.2, 0.25) is 0 Å². The predicted octanol–water partition coefficient (Wildman–Crippen LogP) is 4.50. The first-order chi connectivity index (χ1) is 15.3. The molecule has 1 aromatic carbocycles. The van der Waals surface area contributed by atoms with Gasteiger partial charge in [-0.1, -0.05) is 42.0 Å². The van der Waals surface area contributed by atoms with E-state index in [4.69, 9.17) is 8.94 Å². The van der Waals surface area contributed by atoms with E-state index >= 15 is 0 Å². The van der Waals surface area contributed by atoms with Crippen LogP contribution in [0.4, 0.5) is 5.95 Å². The maximum absolute atomic E-state index is 5.59. The Morgan fingerprint density at radius 3 is 2.68 bits per heavy atom. The maximum atomic E-state index is 5.59. The molecule has 0 saturated carbocycles. The highest BCUT2D eigenvalue weighted by Gasteiger charge is 2.23. The van der Waals surface area contributed by atoms with E-state index in [1.807, 2.05) is 42.5 Å². The first-order valence-corrected chi connectivity index (χ1v) is 11.5. The van der Waals surface area contributed by atoms with Gasteiger partial charge in [-0.25, -0.2) is 0 Å². The SMILES string of the molecule is CC1CCN(c2nnc(SCc3noc(-c4ccccc4)n3)n2Cc2ccco2)CC1. The number of anilines is 1. The summed E-state index contributed by atoms with van der Waals surface area (Å²) in [4.78, 5) is 6.84. The molecule has 0 bridgehead atoms. The van der Waals surface area contributed by atoms with Crippen molar-refractivity contribution in [1.29, 1.82) is 0 Å². The number of aromatic nitrogens is 5. The molecular weight excluding hydrogens is 412 g/mol. The lowest BCUT2D eigenvalue weighted by atomic mass is 10.00. The fourth-order valence-electron chi connectivity index (χ4n) is 3.67. The van der Waals surface area contributed by atoms with Crippen LogP contribution < -0.4 is 4.90 Å². The molecular formula is C22H24N6O2S. The van der Waals surface area contributed by atoms with E-state index in [9.17, 15) is 0 Å². The number of nitrogens with zero attached hydrogens (tertiary/aromatic N) is 6. The van der Waals surface area contributed by atoms with Crippen LogP contribution in [0.15, 0.2) is 62.8 Å². The molecule has 0 atom stereocenters. The van der Waals surface area contributed by atoms with Gasteiger partial charge in [-0.15, -0.1) is 10.2 Å². The third-order valence-electron chi connectivity index (χ3n) is 5.48. The number of hydrogen-bond acceptors (Lipinski definition) is 8. The van der Waals surface area contributed by atoms with Crippen molar-refractivity contribution in [1.82, 2.24) is 24.9 Å². The topological polar surface area (TPSA) is 86.0 Å². The van der Waals surface area contributed by atoms with Crippen LogP contribution in [0.25, 0.3) is 11.5 Å². The summed E-state index contributed by atoms with van der Waals surface area (Å²) in [5.74, 6) is 4.22. The van der Waals surface area contributed by atoms with Crippen molar-refractivity contribution in [3.8, 4) is 11.5 Å². The molecule has 0 spiro atoms. The van der Waals surface area contributed by atoms with E-state index in [2.05, 4.69) is 36.7 Å². The quantitative estimate of drug-likeness (QED) is 0.392. The van der Waals surface area contributed by atoms with Crippen LogP contribution in [-0.4, -0.2) is 38.0 Å². The normalized spacial score (nSPS) is 14.9. The molecule has 9 heteroatoms. The summed E-state index contributed by atoms with van der Waals surface area (Å²) in [5.41, 5.74) is 0.911. The highest BCUT2D eigenvalue weighted by Crippen LogP contribution is 2.29. The van der Waals surface area contributed by atoms with Crippen molar-refractivity contribution >= 4 is 17.7 Å². The van der Waals surface area contributed by atoms with Gasteiger partial charge in [-0.05, 0) is 43.0 Å². The van der Waals surface area contributed by atoms with Gasteiger partial charge in [0.1, 0.15) is 5.76 Å². The standard InChI is InChI=1S/C22H24N6O2S/c1-16-9-11-27(12-10-16)21-24-25-22(28(21)14-18-8-5-13-29-18)31-15-19-23-20(30-26-19)17-6-3-2-4-7-17/h2-8,13,16H,9-12,14-15H2,1H3. The number of hydrogen-bond donors (Lipinski definition) is 0. The Bertz CT molecular complexity index is 1100. The summed E-state index contributed by atoms with van der Waals surface area (Å²) < 4.78 is 13.1. The van der Waals surface area contributed by atoms with E-state index in [1.165, 1.54) is 12.8 Å². The molecule has 1 fully saturated rings. The molecule has 4 heterocycles. The van der Waals surface area contributed by atoms with Crippen molar-refractivity contribution in [2.75, 3.05) is 18.0 Å². The molecule has 31 heavy (non-hydrogen) atoms. The Morgan fingerprint density at radius 1 is 1.06 bits per heavy atom. The molecule has 4 aromatic rings. The summed E-state index contributed by atoms with van der Waals surface area (Å²) in [6.07, 6.45) is 4.03. The van der Waals surface area contributed by atoms with Crippen molar-refractivity contribution in [2.24, 2.45) is 5.92 Å². The number of benzene rings is 1. The van der Waals surface area contributed by atoms with Gasteiger partial charge in [0, 0.05) is 18.7 Å². The Balaban J connectivity index is 1.34. The smallest absolute Gasteiger partial charge is 0.257 e. The van der Waals surface area contributed by atoms with Crippen molar-refractivity contribution in [3.63, 3.8) is 0 Å². The summed E-state index contributed by atoms with van der Waals surface area (Å²) in [6.45, 7) is 4.88. The number of thioether (sulfide) groups is 1. The minimum Gasteiger partial charge on any atom is -0.467 e. The number of piperidine rings is 1. The Morgan fingerprint density at radius 2 is 1.90 bits per heavy atom. The van der Waals surface area contributed by atoms with E-state index in [-0.39, 0.29) is 0 Å². The van der Waals surface area contributed by atoms with Crippen molar-refractivity contribution in [2.45, 2.75) is 37.2 Å². The molecule has 0 unspecified atom stereocenters. The zero-order valence-corrected chi connectivity index (χ0v) is 18.2. The third kappa shape index (κ3) is 4.51. The van der Waals surface area contributed by atoms with Crippen molar-refractivity contribution in [3.05, 3.63) is 60.3 Å². The second-order valence-corrected chi connectivity index (χ2v) is 8.73. The molecule has 0 N–H and O–H groups in total. The van der Waals surface area contributed by atoms with E-state index < -0.39 is 0 Å². The minimum absolute atomic E-state index is 0.524. The van der Waals surface area contributed by atoms with Gasteiger partial charge in [0.15, 0.2) is 11.0 Å². The molecule has 160 valence electrons.